The van der Waals surface area contributed by atoms with Crippen molar-refractivity contribution < 1.29 is 9.53 Å². The lowest BCUT2D eigenvalue weighted by molar-refractivity contribution is -0.117. The van der Waals surface area contributed by atoms with Gasteiger partial charge < -0.3 is 20.7 Å². The smallest absolute Gasteiger partial charge is 0.335 e. The number of nitrogens with one attached hydrogen (secondary N) is 1. The van der Waals surface area contributed by atoms with E-state index in [1.165, 1.54) is 10.9 Å². The molecule has 0 aliphatic carbocycles. The lowest BCUT2D eigenvalue weighted by atomic mass is 9.93. The Morgan fingerprint density at radius 3 is 2.33 bits per heavy atom. The summed E-state index contributed by atoms with van der Waals surface area (Å²) >= 11 is 0. The Morgan fingerprint density at radius 1 is 1.02 bits per heavy atom. The minimum Gasteiger partial charge on any atom is -0.457 e. The minimum atomic E-state index is -0.598. The summed E-state index contributed by atoms with van der Waals surface area (Å²) in [6, 6.07) is 18.6. The molecule has 12 nitrogen and oxygen atoms in total. The van der Waals surface area contributed by atoms with Crippen LogP contribution in [0.1, 0.15) is 27.7 Å². The van der Waals surface area contributed by atoms with Crippen LogP contribution in [0, 0.1) is 16.7 Å². The SMILES string of the molecule is CN1CCN(C(C)(C)C=C(C#N)C(=O)NCC(C)(C)Cn2c(=O)n(-c3ccc(Oc4ccccc4)cc3)c3c(N)ncnc32)CC1. The van der Waals surface area contributed by atoms with Crippen molar-refractivity contribution in [3.63, 3.8) is 0 Å². The van der Waals surface area contributed by atoms with Gasteiger partial charge in [0.25, 0.3) is 5.91 Å². The number of amides is 1. The predicted molar refractivity (Wildman–Crippen MR) is 178 cm³/mol. The van der Waals surface area contributed by atoms with Crippen LogP contribution in [0.15, 0.2) is 77.4 Å². The van der Waals surface area contributed by atoms with Gasteiger partial charge in [-0.05, 0) is 63.4 Å². The van der Waals surface area contributed by atoms with E-state index in [9.17, 15) is 14.9 Å². The van der Waals surface area contributed by atoms with Crippen molar-refractivity contribution in [1.29, 1.82) is 5.26 Å². The molecule has 3 heterocycles. The van der Waals surface area contributed by atoms with E-state index in [4.69, 9.17) is 10.5 Å². The number of fused-ring (bicyclic) bond motifs is 1. The topological polar surface area (TPSA) is 147 Å². The molecule has 0 bridgehead atoms. The third-order valence-electron chi connectivity index (χ3n) is 8.30. The molecule has 0 unspecified atom stereocenters. The van der Waals surface area contributed by atoms with Crippen LogP contribution in [0.3, 0.4) is 0 Å². The highest BCUT2D eigenvalue weighted by atomic mass is 16.5. The molecule has 46 heavy (non-hydrogen) atoms. The van der Waals surface area contributed by atoms with Gasteiger partial charge in [-0.2, -0.15) is 5.26 Å². The highest BCUT2D eigenvalue weighted by Gasteiger charge is 2.30. The number of carbonyl (C=O) groups is 1. The fourth-order valence-corrected chi connectivity index (χ4v) is 5.65. The van der Waals surface area contributed by atoms with Crippen LogP contribution in [-0.4, -0.2) is 80.1 Å². The Kier molecular flexibility index (Phi) is 9.27. The number of para-hydroxylation sites is 1. The van der Waals surface area contributed by atoms with E-state index in [0.717, 1.165) is 26.2 Å². The summed E-state index contributed by atoms with van der Waals surface area (Å²) in [4.78, 5) is 40.2. The molecule has 1 fully saturated rings. The Labute approximate surface area is 268 Å². The van der Waals surface area contributed by atoms with Crippen molar-refractivity contribution in [3.05, 3.63) is 83.1 Å². The number of nitriles is 1. The van der Waals surface area contributed by atoms with E-state index >= 15 is 0 Å². The number of hydrogen-bond donors (Lipinski definition) is 2. The number of carbonyl (C=O) groups excluding carboxylic acids is 1. The third kappa shape index (κ3) is 7.11. The van der Waals surface area contributed by atoms with Gasteiger partial charge in [0.2, 0.25) is 0 Å². The maximum Gasteiger partial charge on any atom is 0.335 e. The highest BCUT2D eigenvalue weighted by molar-refractivity contribution is 5.97. The van der Waals surface area contributed by atoms with Crippen molar-refractivity contribution in [2.45, 2.75) is 39.8 Å². The van der Waals surface area contributed by atoms with Gasteiger partial charge in [0, 0.05) is 50.2 Å². The first-order chi connectivity index (χ1) is 21.9. The number of likely N-dealkylation sites (N-methyl/N-ethyl adjacent to an activating group) is 1. The molecular formula is C34H41N9O3. The largest absolute Gasteiger partial charge is 0.457 e. The maximum absolute atomic E-state index is 13.9. The third-order valence-corrected chi connectivity index (χ3v) is 8.30. The van der Waals surface area contributed by atoms with Crippen molar-refractivity contribution in [3.8, 4) is 23.3 Å². The van der Waals surface area contributed by atoms with Crippen LogP contribution in [0.5, 0.6) is 11.5 Å². The number of ether oxygens (including phenoxy) is 1. The van der Waals surface area contributed by atoms with Crippen molar-refractivity contribution in [1.82, 2.24) is 34.2 Å². The standard InChI is InChI=1S/C34H41N9O3/c1-33(2,21-37-31(44)24(20-35)19-34(3,4)41-17-15-40(5)16-18-41)22-42-30-28(29(36)38-23-39-30)43(32(42)45)25-11-13-27(14-12-25)46-26-9-7-6-8-10-26/h6-14,19,23H,15-18,21-22H2,1-5H3,(H,37,44)(H2,36,38,39). The van der Waals surface area contributed by atoms with Crippen LogP contribution >= 0.6 is 0 Å². The number of imidazole rings is 1. The van der Waals surface area contributed by atoms with Crippen LogP contribution in [-0.2, 0) is 11.3 Å². The van der Waals surface area contributed by atoms with Gasteiger partial charge in [0.15, 0.2) is 11.5 Å². The Bertz CT molecular complexity index is 1830. The summed E-state index contributed by atoms with van der Waals surface area (Å²) in [5, 5.41) is 12.8. The molecule has 2 aromatic heterocycles. The number of anilines is 1. The second-order valence-electron chi connectivity index (χ2n) is 13.0. The summed E-state index contributed by atoms with van der Waals surface area (Å²) in [5.41, 5.74) is 6.30. The van der Waals surface area contributed by atoms with Crippen molar-refractivity contribution in [2.24, 2.45) is 5.41 Å². The first-order valence-electron chi connectivity index (χ1n) is 15.3. The van der Waals surface area contributed by atoms with Crippen LogP contribution in [0.2, 0.25) is 0 Å². The van der Waals surface area contributed by atoms with Crippen LogP contribution < -0.4 is 21.5 Å². The van der Waals surface area contributed by atoms with Crippen LogP contribution in [0.4, 0.5) is 5.82 Å². The molecule has 1 aliphatic heterocycles. The summed E-state index contributed by atoms with van der Waals surface area (Å²) in [6.45, 7) is 11.9. The molecule has 0 atom stereocenters. The van der Waals surface area contributed by atoms with Gasteiger partial charge in [-0.25, -0.2) is 14.8 Å². The molecular weight excluding hydrogens is 582 g/mol. The predicted octanol–water partition coefficient (Wildman–Crippen LogP) is 3.58. The molecule has 1 amide bonds. The minimum absolute atomic E-state index is 0.0636. The fourth-order valence-electron chi connectivity index (χ4n) is 5.65. The van der Waals surface area contributed by atoms with E-state index in [1.54, 1.807) is 34.9 Å². The lowest BCUT2D eigenvalue weighted by Crippen LogP contribution is -2.53. The fraction of sp³-hybridized carbons (Fsp3) is 0.382. The molecule has 5 rings (SSSR count). The average Bonchev–Trinajstić information content (AvgIpc) is 3.31. The summed E-state index contributed by atoms with van der Waals surface area (Å²) < 4.78 is 8.95. The first kappa shape index (κ1) is 32.4. The normalized spacial score (nSPS) is 15.1. The lowest BCUT2D eigenvalue weighted by Gasteiger charge is -2.41. The molecule has 1 saturated heterocycles. The van der Waals surface area contributed by atoms with E-state index in [2.05, 4.69) is 38.2 Å². The second kappa shape index (κ2) is 13.2. The van der Waals surface area contributed by atoms with E-state index in [1.807, 2.05) is 58.0 Å². The quantitative estimate of drug-likeness (QED) is 0.200. The average molecular weight is 624 g/mol. The maximum atomic E-state index is 13.9. The Hall–Kier alpha value is -4.99. The number of rotatable bonds is 10. The number of nitrogens with two attached hydrogens (primary N) is 1. The zero-order chi connectivity index (χ0) is 33.1. The number of nitrogen functional groups attached to an aromatic ring is 1. The molecule has 12 heteroatoms. The van der Waals surface area contributed by atoms with Gasteiger partial charge in [-0.15, -0.1) is 0 Å². The molecule has 3 N–H and O–H groups in total. The van der Waals surface area contributed by atoms with Crippen molar-refractivity contribution >= 4 is 22.9 Å². The van der Waals surface area contributed by atoms with Crippen LogP contribution in [0.25, 0.3) is 16.9 Å². The Morgan fingerprint density at radius 2 is 1.67 bits per heavy atom. The zero-order valence-corrected chi connectivity index (χ0v) is 27.0. The Balaban J connectivity index is 1.35. The second-order valence-corrected chi connectivity index (χ2v) is 13.0. The molecule has 0 spiro atoms. The van der Waals surface area contributed by atoms with E-state index in [-0.39, 0.29) is 30.2 Å². The van der Waals surface area contributed by atoms with Gasteiger partial charge in [0.05, 0.1) is 5.69 Å². The van der Waals surface area contributed by atoms with Gasteiger partial charge in [0.1, 0.15) is 35.0 Å². The van der Waals surface area contributed by atoms with Gasteiger partial charge in [-0.3, -0.25) is 18.8 Å². The van der Waals surface area contributed by atoms with E-state index < -0.39 is 16.9 Å². The van der Waals surface area contributed by atoms with Crippen molar-refractivity contribution in [2.75, 3.05) is 45.5 Å². The molecule has 240 valence electrons. The van der Waals surface area contributed by atoms with Gasteiger partial charge in [-0.1, -0.05) is 32.0 Å². The summed E-state index contributed by atoms with van der Waals surface area (Å²) in [6.07, 6.45) is 3.07. The highest BCUT2D eigenvalue weighted by Crippen LogP contribution is 2.27. The number of benzene rings is 2. The molecule has 2 aromatic carbocycles. The number of hydrogen-bond acceptors (Lipinski definition) is 9. The van der Waals surface area contributed by atoms with Gasteiger partial charge >= 0.3 is 5.69 Å². The summed E-state index contributed by atoms with van der Waals surface area (Å²) in [5.74, 6) is 1.04. The molecule has 1 aliphatic rings. The molecule has 4 aromatic rings. The number of piperazine rings is 1. The number of nitrogens with zero attached hydrogens (tertiary/aromatic N) is 7. The summed E-state index contributed by atoms with van der Waals surface area (Å²) in [7, 11) is 2.09. The molecule has 0 saturated carbocycles. The van der Waals surface area contributed by atoms with E-state index in [0.29, 0.717) is 28.4 Å². The first-order valence-corrected chi connectivity index (χ1v) is 15.3. The molecule has 0 radical (unpaired) electrons. The monoisotopic (exact) mass is 623 g/mol. The number of aromatic nitrogens is 4. The zero-order valence-electron chi connectivity index (χ0n) is 27.0.